The van der Waals surface area contributed by atoms with Gasteiger partial charge in [0.2, 0.25) is 5.95 Å². The average molecular weight is 264 g/mol. The maximum atomic E-state index is 13.1. The zero-order valence-corrected chi connectivity index (χ0v) is 9.20. The number of hydrogen-bond acceptors (Lipinski definition) is 3. The molecule has 0 saturated heterocycles. The summed E-state index contributed by atoms with van der Waals surface area (Å²) >= 11 is 3.00. The molecular formula is C9H11BrFNO2. The number of rotatable bonds is 3. The molecule has 0 saturated carbocycles. The molecule has 0 aliphatic carbocycles. The highest BCUT2D eigenvalue weighted by atomic mass is 79.9. The maximum Gasteiger partial charge on any atom is 0.218 e. The summed E-state index contributed by atoms with van der Waals surface area (Å²) in [5.41, 5.74) is 0.763. The van der Waals surface area contributed by atoms with Crippen molar-refractivity contribution in [2.24, 2.45) is 0 Å². The zero-order chi connectivity index (χ0) is 10.7. The summed E-state index contributed by atoms with van der Waals surface area (Å²) in [4.78, 5) is 3.46. The van der Waals surface area contributed by atoms with Crippen LogP contribution in [0.5, 0.6) is 0 Å². The lowest BCUT2D eigenvalue weighted by molar-refractivity contribution is 0.0314. The smallest absolute Gasteiger partial charge is 0.218 e. The molecular weight excluding hydrogens is 253 g/mol. The molecule has 5 heteroatoms. The molecule has 1 aromatic heterocycles. The van der Waals surface area contributed by atoms with Crippen molar-refractivity contribution in [3.63, 3.8) is 0 Å². The molecule has 0 bridgehead atoms. The Kier molecular flexibility index (Phi) is 3.97. The molecule has 2 unspecified atom stereocenters. The molecule has 0 radical (unpaired) electrons. The van der Waals surface area contributed by atoms with Crippen LogP contribution in [0.25, 0.3) is 0 Å². The molecule has 2 N–H and O–H groups in total. The Hall–Kier alpha value is -0.520. The van der Waals surface area contributed by atoms with Gasteiger partial charge >= 0.3 is 0 Å². The number of aryl methyl sites for hydroxylation is 1. The molecule has 0 aliphatic rings. The first-order valence-electron chi connectivity index (χ1n) is 4.10. The molecule has 0 amide bonds. The maximum absolute atomic E-state index is 13.1. The first-order chi connectivity index (χ1) is 6.56. The van der Waals surface area contributed by atoms with Crippen molar-refractivity contribution >= 4 is 15.9 Å². The van der Waals surface area contributed by atoms with Gasteiger partial charge in [-0.05, 0) is 18.6 Å². The number of pyridine rings is 1. The van der Waals surface area contributed by atoms with Gasteiger partial charge < -0.3 is 10.2 Å². The normalized spacial score (nSPS) is 15.2. The second kappa shape index (κ2) is 4.82. The second-order valence-electron chi connectivity index (χ2n) is 3.06. The minimum atomic E-state index is -1.25. The molecule has 1 aromatic rings. The summed E-state index contributed by atoms with van der Waals surface area (Å²) in [6.07, 6.45) is -0.915. The van der Waals surface area contributed by atoms with Crippen LogP contribution in [-0.4, -0.2) is 26.6 Å². The third kappa shape index (κ3) is 2.50. The summed E-state index contributed by atoms with van der Waals surface area (Å²) in [6, 6.07) is 1.47. The first-order valence-corrected chi connectivity index (χ1v) is 5.22. The van der Waals surface area contributed by atoms with Crippen molar-refractivity contribution in [1.29, 1.82) is 0 Å². The fourth-order valence-corrected chi connectivity index (χ4v) is 1.43. The van der Waals surface area contributed by atoms with E-state index in [1.807, 2.05) is 0 Å². The van der Waals surface area contributed by atoms with Crippen molar-refractivity contribution in [2.75, 3.05) is 5.33 Å². The van der Waals surface area contributed by atoms with Crippen LogP contribution in [0.2, 0.25) is 0 Å². The van der Waals surface area contributed by atoms with Crippen LogP contribution >= 0.6 is 15.9 Å². The van der Waals surface area contributed by atoms with Gasteiger partial charge in [0.15, 0.2) is 0 Å². The van der Waals surface area contributed by atoms with Crippen molar-refractivity contribution in [2.45, 2.75) is 19.1 Å². The van der Waals surface area contributed by atoms with Gasteiger partial charge in [0, 0.05) is 17.1 Å². The molecule has 14 heavy (non-hydrogen) atoms. The third-order valence-corrected chi connectivity index (χ3v) is 2.51. The van der Waals surface area contributed by atoms with Gasteiger partial charge in [-0.3, -0.25) is 0 Å². The molecule has 0 fully saturated rings. The number of aromatic nitrogens is 1. The van der Waals surface area contributed by atoms with Gasteiger partial charge in [0.05, 0.1) is 6.10 Å². The molecule has 3 nitrogen and oxygen atoms in total. The van der Waals surface area contributed by atoms with E-state index in [1.165, 1.54) is 12.3 Å². The van der Waals surface area contributed by atoms with Crippen LogP contribution < -0.4 is 0 Å². The van der Waals surface area contributed by atoms with Gasteiger partial charge in [-0.25, -0.2) is 4.98 Å². The highest BCUT2D eigenvalue weighted by Gasteiger charge is 2.21. The highest BCUT2D eigenvalue weighted by Crippen LogP contribution is 2.20. The van der Waals surface area contributed by atoms with Crippen LogP contribution in [0.1, 0.15) is 17.2 Å². The Bertz CT molecular complexity index is 322. The highest BCUT2D eigenvalue weighted by molar-refractivity contribution is 9.09. The first kappa shape index (κ1) is 11.6. The Balaban J connectivity index is 2.99. The lowest BCUT2D eigenvalue weighted by atomic mass is 10.1. The molecule has 0 spiro atoms. The summed E-state index contributed by atoms with van der Waals surface area (Å²) in [7, 11) is 0. The Morgan fingerprint density at radius 1 is 1.57 bits per heavy atom. The topological polar surface area (TPSA) is 53.4 Å². The fourth-order valence-electron chi connectivity index (χ4n) is 1.07. The summed E-state index contributed by atoms with van der Waals surface area (Å²) in [6.45, 7) is 1.74. The number of alkyl halides is 1. The van der Waals surface area contributed by atoms with E-state index in [4.69, 9.17) is 0 Å². The molecule has 0 aliphatic heterocycles. The minimum Gasteiger partial charge on any atom is -0.389 e. The van der Waals surface area contributed by atoms with E-state index in [0.717, 1.165) is 5.56 Å². The predicted molar refractivity (Wildman–Crippen MR) is 53.7 cm³/mol. The van der Waals surface area contributed by atoms with Gasteiger partial charge in [-0.1, -0.05) is 15.9 Å². The minimum absolute atomic E-state index is 0.0250. The lowest BCUT2D eigenvalue weighted by Gasteiger charge is -2.16. The van der Waals surface area contributed by atoms with Crippen molar-refractivity contribution in [1.82, 2.24) is 4.98 Å². The van der Waals surface area contributed by atoms with Crippen LogP contribution in [0.3, 0.4) is 0 Å². The lowest BCUT2D eigenvalue weighted by Crippen LogP contribution is -2.21. The number of nitrogens with zero attached hydrogens (tertiary/aromatic N) is 1. The Morgan fingerprint density at radius 3 is 2.79 bits per heavy atom. The van der Waals surface area contributed by atoms with E-state index in [-0.39, 0.29) is 10.9 Å². The third-order valence-electron chi connectivity index (χ3n) is 1.84. The average Bonchev–Trinajstić information content (AvgIpc) is 2.19. The molecule has 78 valence electrons. The van der Waals surface area contributed by atoms with E-state index < -0.39 is 18.2 Å². The number of halogens is 2. The summed E-state index contributed by atoms with van der Waals surface area (Å²) < 4.78 is 13.1. The second-order valence-corrected chi connectivity index (χ2v) is 3.71. The quantitative estimate of drug-likeness (QED) is 0.639. The van der Waals surface area contributed by atoms with Gasteiger partial charge in [0.25, 0.3) is 0 Å². The molecule has 0 aromatic carbocycles. The van der Waals surface area contributed by atoms with Crippen LogP contribution in [-0.2, 0) is 0 Å². The number of aliphatic hydroxyl groups is 2. The monoisotopic (exact) mass is 263 g/mol. The van der Waals surface area contributed by atoms with Crippen LogP contribution in [0.15, 0.2) is 12.3 Å². The van der Waals surface area contributed by atoms with E-state index in [2.05, 4.69) is 20.9 Å². The summed E-state index contributed by atoms with van der Waals surface area (Å²) in [5, 5.41) is 19.0. The van der Waals surface area contributed by atoms with Crippen molar-refractivity contribution in [3.05, 3.63) is 29.3 Å². The zero-order valence-electron chi connectivity index (χ0n) is 7.61. The van der Waals surface area contributed by atoms with Gasteiger partial charge in [-0.2, -0.15) is 4.39 Å². The van der Waals surface area contributed by atoms with Crippen molar-refractivity contribution in [3.8, 4) is 0 Å². The SMILES string of the molecule is Cc1cnc(F)c(C(O)C(O)CBr)c1. The van der Waals surface area contributed by atoms with Crippen molar-refractivity contribution < 1.29 is 14.6 Å². The molecule has 2 atom stereocenters. The molecule has 1 heterocycles. The summed E-state index contributed by atoms with van der Waals surface area (Å²) in [5.74, 6) is -0.747. The number of hydrogen-bond donors (Lipinski definition) is 2. The standard InChI is InChI=1S/C9H11BrFNO2/c1-5-2-6(9(11)12-4-5)8(14)7(13)3-10/h2,4,7-8,13-14H,3H2,1H3. The van der Waals surface area contributed by atoms with E-state index in [0.29, 0.717) is 0 Å². The largest absolute Gasteiger partial charge is 0.389 e. The Morgan fingerprint density at radius 2 is 2.21 bits per heavy atom. The van der Waals surface area contributed by atoms with Gasteiger partial charge in [-0.15, -0.1) is 0 Å². The Labute approximate surface area is 89.7 Å². The fraction of sp³-hybridized carbons (Fsp3) is 0.444. The van der Waals surface area contributed by atoms with E-state index in [1.54, 1.807) is 6.92 Å². The number of aliphatic hydroxyl groups excluding tert-OH is 2. The molecule has 1 rings (SSSR count). The van der Waals surface area contributed by atoms with E-state index in [9.17, 15) is 14.6 Å². The van der Waals surface area contributed by atoms with Crippen LogP contribution in [0.4, 0.5) is 4.39 Å². The van der Waals surface area contributed by atoms with Gasteiger partial charge in [0.1, 0.15) is 6.10 Å². The van der Waals surface area contributed by atoms with E-state index >= 15 is 0 Å². The predicted octanol–water partition coefficient (Wildman–Crippen LogP) is 1.32. The van der Waals surface area contributed by atoms with Crippen LogP contribution in [0, 0.1) is 12.9 Å².